The fraction of sp³-hybridized carbons (Fsp3) is 0.429. The van der Waals surface area contributed by atoms with Crippen molar-refractivity contribution in [3.8, 4) is 5.75 Å². The van der Waals surface area contributed by atoms with Crippen LogP contribution in [0.4, 0.5) is 0 Å². The number of fused-ring (bicyclic) bond motifs is 1. The summed E-state index contributed by atoms with van der Waals surface area (Å²) in [5, 5.41) is 2.00. The van der Waals surface area contributed by atoms with Gasteiger partial charge in [-0.2, -0.15) is 0 Å². The lowest BCUT2D eigenvalue weighted by molar-refractivity contribution is 0.0473. The van der Waals surface area contributed by atoms with Crippen molar-refractivity contribution >= 4 is 18.6 Å². The van der Waals surface area contributed by atoms with Gasteiger partial charge in [0.05, 0.1) is 0 Å². The molecule has 2 aromatic carbocycles. The standard InChI is InChI=1S/C21H23O4P/c1-13-17-7-14-6-15(8-17)12-21(13,11-14)19-4-2-16-3-5-20(10-18(16)9-19)25-26(22,23)24/h2-5,9-10,14-15,17H,1,6-8,11-12H2,(H2,22,23,24). The Morgan fingerprint density at radius 2 is 1.69 bits per heavy atom. The number of hydrogen-bond acceptors (Lipinski definition) is 2. The molecule has 4 saturated carbocycles. The lowest BCUT2D eigenvalue weighted by Crippen LogP contribution is -2.50. The van der Waals surface area contributed by atoms with Gasteiger partial charge in [0.1, 0.15) is 5.75 Å². The van der Waals surface area contributed by atoms with Crippen LogP contribution in [0.5, 0.6) is 5.75 Å². The number of benzene rings is 2. The third-order valence-corrected chi connectivity index (χ3v) is 7.32. The molecule has 0 aliphatic heterocycles. The van der Waals surface area contributed by atoms with E-state index in [-0.39, 0.29) is 11.2 Å². The molecule has 4 nitrogen and oxygen atoms in total. The molecule has 2 N–H and O–H groups in total. The molecule has 0 amide bonds. The molecular formula is C21H23O4P. The Morgan fingerprint density at radius 1 is 1.00 bits per heavy atom. The van der Waals surface area contributed by atoms with Gasteiger partial charge in [-0.05, 0) is 78.3 Å². The summed E-state index contributed by atoms with van der Waals surface area (Å²) in [7, 11) is -4.55. The molecule has 4 aliphatic carbocycles. The van der Waals surface area contributed by atoms with E-state index in [2.05, 4.69) is 24.8 Å². The van der Waals surface area contributed by atoms with Gasteiger partial charge < -0.3 is 4.52 Å². The SMILES string of the molecule is C=C1C2CC3CC(C2)CC1(c1ccc2ccc(OP(=O)(O)O)cc2c1)C3. The highest BCUT2D eigenvalue weighted by Crippen LogP contribution is 2.63. The molecule has 4 bridgehead atoms. The smallest absolute Gasteiger partial charge is 0.404 e. The maximum absolute atomic E-state index is 11.1. The van der Waals surface area contributed by atoms with E-state index in [0.29, 0.717) is 5.92 Å². The fourth-order valence-electron chi connectivity index (χ4n) is 6.04. The van der Waals surface area contributed by atoms with Gasteiger partial charge in [-0.3, -0.25) is 9.79 Å². The van der Waals surface area contributed by atoms with Crippen LogP contribution in [-0.2, 0) is 9.98 Å². The molecular weight excluding hydrogens is 347 g/mol. The molecule has 4 fully saturated rings. The van der Waals surface area contributed by atoms with Gasteiger partial charge in [0, 0.05) is 5.41 Å². The van der Waals surface area contributed by atoms with Crippen molar-refractivity contribution < 1.29 is 18.9 Å². The molecule has 0 aromatic heterocycles. The van der Waals surface area contributed by atoms with Gasteiger partial charge in [0.25, 0.3) is 0 Å². The van der Waals surface area contributed by atoms with E-state index in [9.17, 15) is 4.57 Å². The predicted octanol–water partition coefficient (Wildman–Crippen LogP) is 4.95. The summed E-state index contributed by atoms with van der Waals surface area (Å²) < 4.78 is 15.9. The Kier molecular flexibility index (Phi) is 3.47. The van der Waals surface area contributed by atoms with Crippen LogP contribution in [0.3, 0.4) is 0 Å². The van der Waals surface area contributed by atoms with Gasteiger partial charge >= 0.3 is 7.82 Å². The Bertz CT molecular complexity index is 946. The van der Waals surface area contributed by atoms with Crippen LogP contribution in [-0.4, -0.2) is 9.79 Å². The fourth-order valence-corrected chi connectivity index (χ4v) is 6.43. The minimum absolute atomic E-state index is 0.0864. The van der Waals surface area contributed by atoms with Crippen LogP contribution in [0.1, 0.15) is 37.7 Å². The molecule has 5 heteroatoms. The first-order valence-corrected chi connectivity index (χ1v) is 10.8. The van der Waals surface area contributed by atoms with Crippen molar-refractivity contribution in [3.05, 3.63) is 54.1 Å². The Hall–Kier alpha value is -1.61. The summed E-state index contributed by atoms with van der Waals surface area (Å²) in [5.41, 5.74) is 2.80. The number of phosphoric ester groups is 1. The summed E-state index contributed by atoms with van der Waals surface area (Å²) in [6.45, 7) is 4.52. The predicted molar refractivity (Wildman–Crippen MR) is 101 cm³/mol. The molecule has 0 radical (unpaired) electrons. The topological polar surface area (TPSA) is 66.8 Å². The summed E-state index contributed by atoms with van der Waals surface area (Å²) in [6.07, 6.45) is 6.39. The minimum Gasteiger partial charge on any atom is -0.404 e. The van der Waals surface area contributed by atoms with Crippen LogP contribution in [0.15, 0.2) is 48.6 Å². The Morgan fingerprint density at radius 3 is 2.38 bits per heavy atom. The lowest BCUT2D eigenvalue weighted by Gasteiger charge is -2.58. The first-order chi connectivity index (χ1) is 12.3. The molecule has 0 heterocycles. The van der Waals surface area contributed by atoms with E-state index >= 15 is 0 Å². The van der Waals surface area contributed by atoms with E-state index in [1.165, 1.54) is 43.2 Å². The third kappa shape index (κ3) is 2.55. The van der Waals surface area contributed by atoms with Crippen LogP contribution in [0.2, 0.25) is 0 Å². The summed E-state index contributed by atoms with van der Waals surface area (Å²) in [4.78, 5) is 18.1. The zero-order chi connectivity index (χ0) is 18.1. The lowest BCUT2D eigenvalue weighted by atomic mass is 9.46. The zero-order valence-corrected chi connectivity index (χ0v) is 15.5. The van der Waals surface area contributed by atoms with E-state index < -0.39 is 7.82 Å². The van der Waals surface area contributed by atoms with Gasteiger partial charge in [-0.25, -0.2) is 4.57 Å². The highest BCUT2D eigenvalue weighted by Gasteiger charge is 2.53. The molecule has 2 unspecified atom stereocenters. The van der Waals surface area contributed by atoms with Crippen LogP contribution in [0.25, 0.3) is 10.8 Å². The monoisotopic (exact) mass is 370 g/mol. The molecule has 6 rings (SSSR count). The van der Waals surface area contributed by atoms with Crippen LogP contribution >= 0.6 is 7.82 Å². The van der Waals surface area contributed by atoms with E-state index in [1.807, 2.05) is 6.07 Å². The summed E-state index contributed by atoms with van der Waals surface area (Å²) in [6, 6.07) is 11.7. The van der Waals surface area contributed by atoms with Crippen LogP contribution in [0, 0.1) is 17.8 Å². The van der Waals surface area contributed by atoms with Crippen molar-refractivity contribution in [3.63, 3.8) is 0 Å². The van der Waals surface area contributed by atoms with Gasteiger partial charge in [-0.1, -0.05) is 36.4 Å². The van der Waals surface area contributed by atoms with E-state index in [4.69, 9.17) is 14.3 Å². The molecule has 26 heavy (non-hydrogen) atoms. The minimum atomic E-state index is -4.55. The molecule has 136 valence electrons. The van der Waals surface area contributed by atoms with E-state index in [1.54, 1.807) is 12.1 Å². The van der Waals surface area contributed by atoms with Crippen molar-refractivity contribution in [1.82, 2.24) is 0 Å². The Balaban J connectivity index is 1.59. The maximum atomic E-state index is 11.1. The highest BCUT2D eigenvalue weighted by molar-refractivity contribution is 7.46. The normalized spacial score (nSPS) is 33.0. The summed E-state index contributed by atoms with van der Waals surface area (Å²) >= 11 is 0. The second kappa shape index (κ2) is 5.45. The average molecular weight is 370 g/mol. The van der Waals surface area contributed by atoms with Gasteiger partial charge in [0.15, 0.2) is 0 Å². The van der Waals surface area contributed by atoms with Crippen molar-refractivity contribution in [1.29, 1.82) is 0 Å². The zero-order valence-electron chi connectivity index (χ0n) is 14.6. The first-order valence-electron chi connectivity index (χ1n) is 9.31. The second-order valence-corrected chi connectivity index (χ2v) is 9.62. The van der Waals surface area contributed by atoms with Crippen molar-refractivity contribution in [2.24, 2.45) is 17.8 Å². The Labute approximate surface area is 153 Å². The summed E-state index contributed by atoms with van der Waals surface area (Å²) in [5.74, 6) is 2.50. The molecule has 4 aliphatic rings. The third-order valence-electron chi connectivity index (χ3n) is 6.87. The second-order valence-electron chi connectivity index (χ2n) is 8.46. The molecule has 0 saturated heterocycles. The van der Waals surface area contributed by atoms with Crippen molar-refractivity contribution in [2.45, 2.75) is 37.5 Å². The number of allylic oxidation sites excluding steroid dienone is 1. The number of rotatable bonds is 3. The van der Waals surface area contributed by atoms with Gasteiger partial charge in [-0.15, -0.1) is 0 Å². The van der Waals surface area contributed by atoms with Crippen LogP contribution < -0.4 is 4.52 Å². The average Bonchev–Trinajstić information content (AvgIpc) is 2.56. The maximum Gasteiger partial charge on any atom is 0.524 e. The highest BCUT2D eigenvalue weighted by atomic mass is 31.2. The number of hydrogen-bond donors (Lipinski definition) is 2. The van der Waals surface area contributed by atoms with Gasteiger partial charge in [0.2, 0.25) is 0 Å². The van der Waals surface area contributed by atoms with Crippen molar-refractivity contribution in [2.75, 3.05) is 0 Å². The first kappa shape index (κ1) is 16.6. The molecule has 0 spiro atoms. The number of phosphoric acid groups is 1. The largest absolute Gasteiger partial charge is 0.524 e. The quantitative estimate of drug-likeness (QED) is 0.593. The van der Waals surface area contributed by atoms with E-state index in [0.717, 1.165) is 22.6 Å². The molecule has 2 aromatic rings. The molecule has 2 atom stereocenters.